The van der Waals surface area contributed by atoms with E-state index in [1.807, 2.05) is 54.6 Å². The minimum absolute atomic E-state index is 0.0618. The number of carbonyl (C=O) groups is 3. The topological polar surface area (TPSA) is 195 Å². The Bertz CT molecular complexity index is 1870. The van der Waals surface area contributed by atoms with Gasteiger partial charge in [-0.15, -0.1) is 0 Å². The highest BCUT2D eigenvalue weighted by atomic mass is 32.2. The first-order chi connectivity index (χ1) is 24.0. The standard InChI is InChI=1S/C38H43N5O6S/c39-23-30-11-4-10-29(19-30)20-33(38(46)42-24-28-15-17-32(18-16-28)37(40)41)22-36(45)35(14-6-9-27-7-2-1-3-8-27)43-50(47,48)25-31-12-5-13-34(21-31)49-26-44/h1-5,7-8,10-13,15-19,21,26,33,35,43H,6,9,14,20,22-25,39H2,(H3,40,41)(H,42,46)/t33-,35-/m1/s1. The van der Waals surface area contributed by atoms with Crippen LogP contribution < -0.4 is 26.2 Å². The SMILES string of the molecule is N=C(N)c1ccc(CNC(=O)[C@@H](CC(=O)[C@@H](CCCc2ccccc2)NS(=O)(=O)Cc2cccc(OC=O)c2)Cc2cccc(CN)c2)cc1. The first-order valence-corrected chi connectivity index (χ1v) is 17.9. The van der Waals surface area contributed by atoms with Gasteiger partial charge >= 0.3 is 0 Å². The van der Waals surface area contributed by atoms with Crippen LogP contribution in [-0.4, -0.2) is 38.5 Å². The molecular weight excluding hydrogens is 655 g/mol. The fraction of sp³-hybridized carbons (Fsp3) is 0.263. The summed E-state index contributed by atoms with van der Waals surface area (Å²) in [6, 6.07) is 29.2. The van der Waals surface area contributed by atoms with Crippen LogP contribution in [0.25, 0.3) is 0 Å². The molecule has 0 aliphatic heterocycles. The van der Waals surface area contributed by atoms with Gasteiger partial charge in [0, 0.05) is 31.0 Å². The van der Waals surface area contributed by atoms with Crippen LogP contribution in [-0.2, 0) is 56.1 Å². The fourth-order valence-corrected chi connectivity index (χ4v) is 7.01. The predicted octanol–water partition coefficient (Wildman–Crippen LogP) is 3.91. The van der Waals surface area contributed by atoms with Gasteiger partial charge in [0.25, 0.3) is 6.47 Å². The average Bonchev–Trinajstić information content (AvgIpc) is 3.10. The summed E-state index contributed by atoms with van der Waals surface area (Å²) in [5.41, 5.74) is 15.9. The van der Waals surface area contributed by atoms with Crippen molar-refractivity contribution in [3.63, 3.8) is 0 Å². The molecule has 0 aliphatic rings. The van der Waals surface area contributed by atoms with Crippen LogP contribution in [0.15, 0.2) is 103 Å². The lowest BCUT2D eigenvalue weighted by molar-refractivity contribution is -0.130. The lowest BCUT2D eigenvalue weighted by Gasteiger charge is -2.22. The summed E-state index contributed by atoms with van der Waals surface area (Å²) >= 11 is 0. The van der Waals surface area contributed by atoms with E-state index >= 15 is 0 Å². The molecule has 0 aliphatic carbocycles. The molecular formula is C38H43N5O6S. The molecule has 2 atom stereocenters. The third-order valence-electron chi connectivity index (χ3n) is 8.21. The van der Waals surface area contributed by atoms with Crippen molar-refractivity contribution in [3.05, 3.63) is 137 Å². The van der Waals surface area contributed by atoms with Crippen molar-refractivity contribution in [3.8, 4) is 5.75 Å². The Hall–Kier alpha value is -5.17. The third-order valence-corrected chi connectivity index (χ3v) is 9.57. The van der Waals surface area contributed by atoms with Crippen LogP contribution in [0.4, 0.5) is 0 Å². The second kappa shape index (κ2) is 18.6. The summed E-state index contributed by atoms with van der Waals surface area (Å²) in [5, 5.41) is 10.5. The van der Waals surface area contributed by atoms with Crippen LogP contribution in [0, 0.1) is 11.3 Å². The Balaban J connectivity index is 1.54. The summed E-state index contributed by atoms with van der Waals surface area (Å²) in [7, 11) is -4.04. The first-order valence-electron chi connectivity index (χ1n) is 16.3. The van der Waals surface area contributed by atoms with E-state index in [1.165, 1.54) is 12.1 Å². The molecule has 11 nitrogen and oxygen atoms in total. The minimum atomic E-state index is -4.04. The van der Waals surface area contributed by atoms with Gasteiger partial charge in [-0.2, -0.15) is 0 Å². The van der Waals surface area contributed by atoms with Crippen molar-refractivity contribution in [2.45, 2.75) is 57.0 Å². The van der Waals surface area contributed by atoms with E-state index in [0.29, 0.717) is 30.5 Å². The number of nitrogens with two attached hydrogens (primary N) is 2. The van der Waals surface area contributed by atoms with Gasteiger partial charge in [0.2, 0.25) is 15.9 Å². The number of ether oxygens (including phenoxy) is 1. The van der Waals surface area contributed by atoms with Crippen LogP contribution >= 0.6 is 0 Å². The van der Waals surface area contributed by atoms with Crippen molar-refractivity contribution < 1.29 is 27.5 Å². The zero-order chi connectivity index (χ0) is 35.9. The Morgan fingerprint density at radius 1 is 0.840 bits per heavy atom. The molecule has 0 saturated heterocycles. The van der Waals surface area contributed by atoms with Gasteiger partial charge in [-0.3, -0.25) is 19.8 Å². The highest BCUT2D eigenvalue weighted by Gasteiger charge is 2.30. The van der Waals surface area contributed by atoms with Crippen molar-refractivity contribution in [1.29, 1.82) is 5.41 Å². The third kappa shape index (κ3) is 12.1. The van der Waals surface area contributed by atoms with Gasteiger partial charge in [-0.05, 0) is 65.6 Å². The van der Waals surface area contributed by atoms with Crippen molar-refractivity contribution in [2.24, 2.45) is 17.4 Å². The van der Waals surface area contributed by atoms with E-state index in [2.05, 4.69) is 10.0 Å². The van der Waals surface area contributed by atoms with Crippen LogP contribution in [0.3, 0.4) is 0 Å². The Morgan fingerprint density at radius 2 is 1.52 bits per heavy atom. The van der Waals surface area contributed by atoms with Gasteiger partial charge in [0.1, 0.15) is 11.6 Å². The number of Topliss-reactive ketones (excluding diaryl/α,β-unsaturated/α-hetero) is 1. The van der Waals surface area contributed by atoms with E-state index in [-0.39, 0.29) is 49.8 Å². The second-order valence-corrected chi connectivity index (χ2v) is 13.8. The maximum Gasteiger partial charge on any atom is 0.298 e. The summed E-state index contributed by atoms with van der Waals surface area (Å²) in [4.78, 5) is 38.5. The van der Waals surface area contributed by atoms with Crippen LogP contribution in [0.1, 0.15) is 52.6 Å². The van der Waals surface area contributed by atoms with E-state index < -0.39 is 33.5 Å². The second-order valence-electron chi connectivity index (χ2n) is 12.1. The van der Waals surface area contributed by atoms with Gasteiger partial charge in [0.15, 0.2) is 5.78 Å². The van der Waals surface area contributed by atoms with Crippen molar-refractivity contribution in [2.75, 3.05) is 0 Å². The quantitative estimate of drug-likeness (QED) is 0.0521. The molecule has 1 amide bonds. The maximum absolute atomic E-state index is 14.0. The number of nitrogens with one attached hydrogen (secondary N) is 3. The normalized spacial score (nSPS) is 12.4. The number of amides is 1. The first kappa shape index (κ1) is 37.6. The number of nitrogen functional groups attached to an aromatic ring is 1. The average molecular weight is 698 g/mol. The van der Waals surface area contributed by atoms with Crippen LogP contribution in [0.2, 0.25) is 0 Å². The van der Waals surface area contributed by atoms with E-state index in [9.17, 15) is 22.8 Å². The number of amidine groups is 1. The number of aryl methyl sites for hydroxylation is 1. The molecule has 7 N–H and O–H groups in total. The number of carbonyl (C=O) groups excluding carboxylic acids is 3. The van der Waals surface area contributed by atoms with Crippen molar-refractivity contribution >= 4 is 34.0 Å². The molecule has 4 aromatic rings. The number of hydrogen-bond donors (Lipinski definition) is 5. The molecule has 0 aromatic heterocycles. The zero-order valence-electron chi connectivity index (χ0n) is 27.7. The Kier molecular flexibility index (Phi) is 14.0. The van der Waals surface area contributed by atoms with Gasteiger partial charge in [-0.25, -0.2) is 13.1 Å². The highest BCUT2D eigenvalue weighted by Crippen LogP contribution is 2.20. The number of benzene rings is 4. The van der Waals surface area contributed by atoms with Crippen molar-refractivity contribution in [1.82, 2.24) is 10.0 Å². The minimum Gasteiger partial charge on any atom is -0.429 e. The smallest absolute Gasteiger partial charge is 0.298 e. The van der Waals surface area contributed by atoms with Gasteiger partial charge in [0.05, 0.1) is 11.8 Å². The lowest BCUT2D eigenvalue weighted by atomic mass is 9.89. The molecule has 0 radical (unpaired) electrons. The van der Waals surface area contributed by atoms with Gasteiger partial charge in [-0.1, -0.05) is 91.0 Å². The molecule has 0 heterocycles. The predicted molar refractivity (Wildman–Crippen MR) is 193 cm³/mol. The Morgan fingerprint density at radius 3 is 2.22 bits per heavy atom. The zero-order valence-corrected chi connectivity index (χ0v) is 28.5. The lowest BCUT2D eigenvalue weighted by Crippen LogP contribution is -2.43. The summed E-state index contributed by atoms with van der Waals surface area (Å²) in [6.45, 7) is 0.760. The van der Waals surface area contributed by atoms with E-state index in [0.717, 1.165) is 22.3 Å². The number of hydrogen-bond acceptors (Lipinski definition) is 8. The summed E-state index contributed by atoms with van der Waals surface area (Å²) in [6.07, 6.45) is 1.42. The molecule has 12 heteroatoms. The molecule has 50 heavy (non-hydrogen) atoms. The summed E-state index contributed by atoms with van der Waals surface area (Å²) < 4.78 is 34.3. The number of sulfonamides is 1. The van der Waals surface area contributed by atoms with Crippen LogP contribution in [0.5, 0.6) is 5.75 Å². The Labute approximate surface area is 293 Å². The summed E-state index contributed by atoms with van der Waals surface area (Å²) in [5.74, 6) is -1.86. The molecule has 0 fully saturated rings. The monoisotopic (exact) mass is 697 g/mol. The molecule has 4 aromatic carbocycles. The number of ketones is 1. The molecule has 0 unspecified atom stereocenters. The van der Waals surface area contributed by atoms with Gasteiger partial charge < -0.3 is 21.5 Å². The highest BCUT2D eigenvalue weighted by molar-refractivity contribution is 7.88. The number of rotatable bonds is 20. The molecule has 0 saturated carbocycles. The van der Waals surface area contributed by atoms with E-state index in [1.54, 1.807) is 36.4 Å². The fourth-order valence-electron chi connectivity index (χ4n) is 5.63. The van der Waals surface area contributed by atoms with E-state index in [4.69, 9.17) is 21.6 Å². The molecule has 0 spiro atoms. The molecule has 4 rings (SSSR count). The molecule has 0 bridgehead atoms. The maximum atomic E-state index is 14.0. The largest absolute Gasteiger partial charge is 0.429 e. The molecule has 262 valence electrons.